The quantitative estimate of drug-likeness (QED) is 0.796. The molecule has 0 aliphatic carbocycles. The molecule has 1 aromatic heterocycles. The maximum atomic E-state index is 13.9. The first-order chi connectivity index (χ1) is 9.54. The highest BCUT2D eigenvalue weighted by molar-refractivity contribution is 7.21. The maximum Gasteiger partial charge on any atom is 0.349 e. The Bertz CT molecular complexity index is 662. The van der Waals surface area contributed by atoms with Gasteiger partial charge >= 0.3 is 5.97 Å². The lowest BCUT2D eigenvalue weighted by atomic mass is 10.1. The highest BCUT2D eigenvalue weighted by atomic mass is 32.1. The van der Waals surface area contributed by atoms with Crippen molar-refractivity contribution in [2.45, 2.75) is 13.5 Å². The van der Waals surface area contributed by atoms with Crippen LogP contribution < -0.4 is 0 Å². The summed E-state index contributed by atoms with van der Waals surface area (Å²) in [6.45, 7) is 1.14. The number of rotatable bonds is 5. The van der Waals surface area contributed by atoms with Crippen LogP contribution in [0.4, 0.5) is 4.39 Å². The first-order valence-corrected chi connectivity index (χ1v) is 6.71. The van der Waals surface area contributed by atoms with Crippen molar-refractivity contribution in [3.63, 3.8) is 0 Å². The third kappa shape index (κ3) is 2.86. The summed E-state index contributed by atoms with van der Waals surface area (Å²) in [7, 11) is 1.47. The van der Waals surface area contributed by atoms with E-state index in [4.69, 9.17) is 9.47 Å². The molecule has 2 aromatic rings. The molecule has 0 unspecified atom stereocenters. The first-order valence-electron chi connectivity index (χ1n) is 5.90. The number of methoxy groups -OCH3 is 1. The number of ether oxygens (including phenoxy) is 2. The molecule has 106 valence electrons. The molecule has 20 heavy (non-hydrogen) atoms. The summed E-state index contributed by atoms with van der Waals surface area (Å²) in [5.74, 6) is -1.29. The van der Waals surface area contributed by atoms with Gasteiger partial charge < -0.3 is 9.47 Å². The molecule has 0 saturated carbocycles. The predicted molar refractivity (Wildman–Crippen MR) is 73.5 cm³/mol. The summed E-state index contributed by atoms with van der Waals surface area (Å²) in [5, 5.41) is 0.370. The van der Waals surface area contributed by atoms with Gasteiger partial charge in [-0.25, -0.2) is 9.18 Å². The summed E-state index contributed by atoms with van der Waals surface area (Å²) < 4.78 is 24.5. The molecular formula is C14H13FO4S. The monoisotopic (exact) mass is 296 g/mol. The fraction of sp³-hybridized carbons (Fsp3) is 0.286. The Kier molecular flexibility index (Phi) is 4.46. The number of thiophene rings is 1. The topological polar surface area (TPSA) is 52.6 Å². The Morgan fingerprint density at radius 1 is 1.35 bits per heavy atom. The fourth-order valence-electron chi connectivity index (χ4n) is 1.85. The van der Waals surface area contributed by atoms with Crippen LogP contribution in [0.1, 0.15) is 22.2 Å². The van der Waals surface area contributed by atoms with Crippen molar-refractivity contribution in [1.29, 1.82) is 0 Å². The second-order valence-corrected chi connectivity index (χ2v) is 5.29. The first kappa shape index (κ1) is 14.6. The van der Waals surface area contributed by atoms with Crippen molar-refractivity contribution in [1.82, 2.24) is 0 Å². The predicted octanol–water partition coefficient (Wildman–Crippen LogP) is 2.93. The molecule has 0 fully saturated rings. The number of hydrogen-bond acceptors (Lipinski definition) is 5. The van der Waals surface area contributed by atoms with E-state index < -0.39 is 11.8 Å². The number of hydrogen-bond donors (Lipinski definition) is 0. The van der Waals surface area contributed by atoms with Crippen LogP contribution in [-0.2, 0) is 20.9 Å². The molecule has 4 nitrogen and oxygen atoms in total. The minimum atomic E-state index is -0.632. The molecule has 6 heteroatoms. The van der Waals surface area contributed by atoms with Gasteiger partial charge in [0.25, 0.3) is 0 Å². The Labute approximate surface area is 119 Å². The Balaban J connectivity index is 2.46. The molecule has 0 atom stereocenters. The number of Topliss-reactive ketones (excluding diaryl/α,β-unsaturated/α-hetero) is 1. The summed E-state index contributed by atoms with van der Waals surface area (Å²) in [6.07, 6.45) is 0. The number of carbonyl (C=O) groups excluding carboxylic acids is 2. The van der Waals surface area contributed by atoms with E-state index in [1.54, 1.807) is 12.1 Å². The Morgan fingerprint density at radius 3 is 2.75 bits per heavy atom. The van der Waals surface area contributed by atoms with E-state index in [0.717, 1.165) is 11.3 Å². The zero-order chi connectivity index (χ0) is 14.7. The van der Waals surface area contributed by atoms with Gasteiger partial charge in [-0.05, 0) is 19.1 Å². The molecule has 0 aliphatic rings. The molecular weight excluding hydrogens is 283 g/mol. The number of carbonyl (C=O) groups is 2. The van der Waals surface area contributed by atoms with E-state index in [2.05, 4.69) is 0 Å². The lowest BCUT2D eigenvalue weighted by molar-refractivity contribution is -0.120. The van der Waals surface area contributed by atoms with E-state index in [-0.39, 0.29) is 23.9 Å². The van der Waals surface area contributed by atoms with Crippen molar-refractivity contribution in [3.05, 3.63) is 34.5 Å². The van der Waals surface area contributed by atoms with Crippen LogP contribution in [0, 0.1) is 5.82 Å². The second kappa shape index (κ2) is 6.11. The SMILES string of the molecule is COCc1c(C(=O)OCC(C)=O)sc2cccc(F)c12. The Morgan fingerprint density at radius 2 is 2.10 bits per heavy atom. The van der Waals surface area contributed by atoms with Crippen LogP contribution in [-0.4, -0.2) is 25.5 Å². The number of esters is 1. The summed E-state index contributed by atoms with van der Waals surface area (Å²) in [4.78, 5) is 23.1. The van der Waals surface area contributed by atoms with Gasteiger partial charge in [-0.1, -0.05) is 6.07 Å². The lowest BCUT2D eigenvalue weighted by Crippen LogP contribution is -2.11. The van der Waals surface area contributed by atoms with Crippen molar-refractivity contribution < 1.29 is 23.5 Å². The zero-order valence-corrected chi connectivity index (χ0v) is 11.9. The molecule has 2 rings (SSSR count). The molecule has 0 spiro atoms. The van der Waals surface area contributed by atoms with E-state index >= 15 is 0 Å². The molecule has 1 aromatic carbocycles. The summed E-state index contributed by atoms with van der Waals surface area (Å²) in [6, 6.07) is 4.64. The Hall–Kier alpha value is -1.79. The van der Waals surface area contributed by atoms with E-state index in [1.807, 2.05) is 0 Å². The van der Waals surface area contributed by atoms with Crippen molar-refractivity contribution >= 4 is 33.2 Å². The molecule has 0 aliphatic heterocycles. The van der Waals surface area contributed by atoms with Gasteiger partial charge in [0.2, 0.25) is 0 Å². The van der Waals surface area contributed by atoms with Crippen LogP contribution in [0.15, 0.2) is 18.2 Å². The van der Waals surface area contributed by atoms with Crippen LogP contribution in [0.3, 0.4) is 0 Å². The normalized spacial score (nSPS) is 10.8. The second-order valence-electron chi connectivity index (χ2n) is 4.23. The molecule has 0 saturated heterocycles. The van der Waals surface area contributed by atoms with Gasteiger partial charge in [0.1, 0.15) is 17.3 Å². The molecule has 0 N–H and O–H groups in total. The molecule has 0 bridgehead atoms. The van der Waals surface area contributed by atoms with Crippen LogP contribution in [0.5, 0.6) is 0 Å². The lowest BCUT2D eigenvalue weighted by Gasteiger charge is -2.04. The van der Waals surface area contributed by atoms with Gasteiger partial charge in [-0.15, -0.1) is 11.3 Å². The van der Waals surface area contributed by atoms with E-state index in [9.17, 15) is 14.0 Å². The van der Waals surface area contributed by atoms with Gasteiger partial charge in [-0.3, -0.25) is 4.79 Å². The zero-order valence-electron chi connectivity index (χ0n) is 11.1. The highest BCUT2D eigenvalue weighted by Gasteiger charge is 2.21. The highest BCUT2D eigenvalue weighted by Crippen LogP contribution is 2.34. The van der Waals surface area contributed by atoms with Crippen molar-refractivity contribution in [2.24, 2.45) is 0 Å². The average Bonchev–Trinajstić information content (AvgIpc) is 2.77. The fourth-order valence-corrected chi connectivity index (χ4v) is 2.96. The van der Waals surface area contributed by atoms with Gasteiger partial charge in [0.15, 0.2) is 5.78 Å². The van der Waals surface area contributed by atoms with Gasteiger partial charge in [-0.2, -0.15) is 0 Å². The third-order valence-electron chi connectivity index (χ3n) is 2.64. The molecule has 0 radical (unpaired) electrons. The van der Waals surface area contributed by atoms with Crippen molar-refractivity contribution in [3.8, 4) is 0 Å². The molecule has 1 heterocycles. The number of fused-ring (bicyclic) bond motifs is 1. The van der Waals surface area contributed by atoms with E-state index in [0.29, 0.717) is 15.6 Å². The minimum absolute atomic E-state index is 0.103. The summed E-state index contributed by atoms with van der Waals surface area (Å²) in [5.41, 5.74) is 0.458. The van der Waals surface area contributed by atoms with Crippen LogP contribution in [0.2, 0.25) is 0 Å². The van der Waals surface area contributed by atoms with E-state index in [1.165, 1.54) is 20.1 Å². The number of benzene rings is 1. The van der Waals surface area contributed by atoms with Gasteiger partial charge in [0.05, 0.1) is 6.61 Å². The maximum absolute atomic E-state index is 13.9. The average molecular weight is 296 g/mol. The number of halogens is 1. The molecule has 0 amide bonds. The minimum Gasteiger partial charge on any atom is -0.454 e. The van der Waals surface area contributed by atoms with Crippen LogP contribution >= 0.6 is 11.3 Å². The largest absolute Gasteiger partial charge is 0.454 e. The standard InChI is InChI=1S/C14H13FO4S/c1-8(16)6-19-14(17)13-9(7-18-2)12-10(15)4-3-5-11(12)20-13/h3-5H,6-7H2,1-2H3. The summed E-state index contributed by atoms with van der Waals surface area (Å²) >= 11 is 1.13. The smallest absolute Gasteiger partial charge is 0.349 e. The van der Waals surface area contributed by atoms with Gasteiger partial charge in [0, 0.05) is 22.8 Å². The van der Waals surface area contributed by atoms with Crippen molar-refractivity contribution in [2.75, 3.05) is 13.7 Å². The third-order valence-corrected chi connectivity index (χ3v) is 3.82. The number of ketones is 1. The van der Waals surface area contributed by atoms with Crippen LogP contribution in [0.25, 0.3) is 10.1 Å².